The summed E-state index contributed by atoms with van der Waals surface area (Å²) in [5, 5.41) is 5.54. The second kappa shape index (κ2) is 10.8. The average Bonchev–Trinajstić information content (AvgIpc) is 3.12. The molecule has 36 heavy (non-hydrogen) atoms. The van der Waals surface area contributed by atoms with E-state index in [2.05, 4.69) is 26.6 Å². The minimum atomic E-state index is -0.605. The van der Waals surface area contributed by atoms with Gasteiger partial charge in [-0.3, -0.25) is 9.59 Å². The molecule has 4 amide bonds. The molecule has 184 valence electrons. The van der Waals surface area contributed by atoms with Crippen LogP contribution in [0.25, 0.3) is 6.08 Å². The van der Waals surface area contributed by atoms with Crippen LogP contribution in [0.4, 0.5) is 20.6 Å². The van der Waals surface area contributed by atoms with Crippen molar-refractivity contribution in [1.29, 1.82) is 0 Å². The molecule has 2 N–H and O–H groups in total. The Hall–Kier alpha value is -3.89. The summed E-state index contributed by atoms with van der Waals surface area (Å²) in [4.78, 5) is 38.5. The highest BCUT2D eigenvalue weighted by Gasteiger charge is 2.35. The smallest absolute Gasteiger partial charge is 0.333 e. The standard InChI is InChI=1S/C25H18BrClFN3O5/c1-35-21-11-14(10-20-24(33)31(25(34)30-20)18-4-2-3-15(27)12-18)9-19(26)23(21)36-13-22(32)29-17-7-5-16(28)6-8-17/h2-12H,13H2,1H3,(H,29,32)(H,30,34)/b20-10+. The lowest BCUT2D eigenvalue weighted by Gasteiger charge is -2.14. The van der Waals surface area contributed by atoms with E-state index in [4.69, 9.17) is 21.1 Å². The molecule has 8 nitrogen and oxygen atoms in total. The van der Waals surface area contributed by atoms with Gasteiger partial charge in [-0.05, 0) is 82.2 Å². The summed E-state index contributed by atoms with van der Waals surface area (Å²) in [6.07, 6.45) is 1.49. The molecule has 1 aliphatic heterocycles. The molecule has 3 aromatic carbocycles. The van der Waals surface area contributed by atoms with Gasteiger partial charge in [-0.15, -0.1) is 0 Å². The number of halogens is 3. The minimum absolute atomic E-state index is 0.0567. The summed E-state index contributed by atoms with van der Waals surface area (Å²) in [5.74, 6) is -0.869. The molecule has 1 aliphatic rings. The molecular formula is C25H18BrClFN3O5. The Morgan fingerprint density at radius 2 is 1.92 bits per heavy atom. The van der Waals surface area contributed by atoms with Crippen LogP contribution < -0.4 is 25.0 Å². The number of imide groups is 1. The Morgan fingerprint density at radius 1 is 1.17 bits per heavy atom. The van der Waals surface area contributed by atoms with Crippen LogP contribution in [-0.2, 0) is 9.59 Å². The van der Waals surface area contributed by atoms with E-state index in [1.54, 1.807) is 30.3 Å². The van der Waals surface area contributed by atoms with Crippen molar-refractivity contribution in [2.24, 2.45) is 0 Å². The molecule has 3 aromatic rings. The average molecular weight is 575 g/mol. The van der Waals surface area contributed by atoms with Crippen molar-refractivity contribution in [3.63, 3.8) is 0 Å². The number of amides is 4. The third-order valence-electron chi connectivity index (χ3n) is 4.98. The van der Waals surface area contributed by atoms with Gasteiger partial charge in [0.25, 0.3) is 11.8 Å². The summed E-state index contributed by atoms with van der Waals surface area (Å²) in [6.45, 7) is -0.337. The molecular weight excluding hydrogens is 557 g/mol. The van der Waals surface area contributed by atoms with Crippen molar-refractivity contribution in [2.75, 3.05) is 23.9 Å². The van der Waals surface area contributed by atoms with Crippen LogP contribution in [0.2, 0.25) is 5.02 Å². The van der Waals surface area contributed by atoms with Crippen LogP contribution >= 0.6 is 27.5 Å². The lowest BCUT2D eigenvalue weighted by molar-refractivity contribution is -0.118. The van der Waals surface area contributed by atoms with Crippen LogP contribution in [-0.4, -0.2) is 31.6 Å². The number of nitrogens with one attached hydrogen (secondary N) is 2. The maximum Gasteiger partial charge on any atom is 0.333 e. The summed E-state index contributed by atoms with van der Waals surface area (Å²) >= 11 is 9.38. The molecule has 1 saturated heterocycles. The SMILES string of the molecule is COc1cc(/C=C2/NC(=O)N(c3cccc(Cl)c3)C2=O)cc(Br)c1OCC(=O)Nc1ccc(F)cc1. The number of carbonyl (C=O) groups excluding carboxylic acids is 3. The Kier molecular flexibility index (Phi) is 7.56. The van der Waals surface area contributed by atoms with E-state index in [-0.39, 0.29) is 23.8 Å². The van der Waals surface area contributed by atoms with E-state index in [1.165, 1.54) is 43.5 Å². The predicted molar refractivity (Wildman–Crippen MR) is 137 cm³/mol. The van der Waals surface area contributed by atoms with Gasteiger partial charge in [-0.1, -0.05) is 17.7 Å². The Morgan fingerprint density at radius 3 is 2.61 bits per heavy atom. The van der Waals surface area contributed by atoms with Crippen LogP contribution in [0.5, 0.6) is 11.5 Å². The summed E-state index contributed by atoms with van der Waals surface area (Å²) in [6, 6.07) is 14.4. The molecule has 0 radical (unpaired) electrons. The second-order valence-electron chi connectivity index (χ2n) is 7.49. The molecule has 0 bridgehead atoms. The van der Waals surface area contributed by atoms with Gasteiger partial charge in [0, 0.05) is 10.7 Å². The van der Waals surface area contributed by atoms with E-state index in [9.17, 15) is 18.8 Å². The molecule has 0 saturated carbocycles. The van der Waals surface area contributed by atoms with Crippen LogP contribution in [0.3, 0.4) is 0 Å². The number of urea groups is 1. The van der Waals surface area contributed by atoms with E-state index < -0.39 is 23.7 Å². The molecule has 1 fully saturated rings. The van der Waals surface area contributed by atoms with E-state index >= 15 is 0 Å². The maximum absolute atomic E-state index is 13.0. The van der Waals surface area contributed by atoms with Crippen molar-refractivity contribution in [1.82, 2.24) is 5.32 Å². The summed E-state index contributed by atoms with van der Waals surface area (Å²) in [5.41, 5.74) is 1.35. The quantitative estimate of drug-likeness (QED) is 0.292. The largest absolute Gasteiger partial charge is 0.493 e. The highest BCUT2D eigenvalue weighted by atomic mass is 79.9. The zero-order chi connectivity index (χ0) is 25.8. The van der Waals surface area contributed by atoms with Crippen LogP contribution in [0.1, 0.15) is 5.56 Å². The molecule has 0 aromatic heterocycles. The third-order valence-corrected chi connectivity index (χ3v) is 5.81. The predicted octanol–water partition coefficient (Wildman–Crippen LogP) is 5.37. The highest BCUT2D eigenvalue weighted by Crippen LogP contribution is 2.37. The zero-order valence-electron chi connectivity index (χ0n) is 18.7. The van der Waals surface area contributed by atoms with Gasteiger partial charge in [0.2, 0.25) is 0 Å². The van der Waals surface area contributed by atoms with Crippen molar-refractivity contribution in [3.05, 3.63) is 87.2 Å². The maximum atomic E-state index is 13.0. The second-order valence-corrected chi connectivity index (χ2v) is 8.78. The van der Waals surface area contributed by atoms with Crippen molar-refractivity contribution in [2.45, 2.75) is 0 Å². The first kappa shape index (κ1) is 25.2. The number of hydrogen-bond donors (Lipinski definition) is 2. The molecule has 0 atom stereocenters. The monoisotopic (exact) mass is 573 g/mol. The number of nitrogens with zero attached hydrogens (tertiary/aromatic N) is 1. The molecule has 0 unspecified atom stereocenters. The van der Waals surface area contributed by atoms with Gasteiger partial charge in [0.1, 0.15) is 11.5 Å². The number of carbonyl (C=O) groups is 3. The fourth-order valence-electron chi connectivity index (χ4n) is 3.38. The van der Waals surface area contributed by atoms with Gasteiger partial charge >= 0.3 is 6.03 Å². The Balaban J connectivity index is 1.50. The molecule has 4 rings (SSSR count). The molecule has 0 aliphatic carbocycles. The van der Waals surface area contributed by atoms with Gasteiger partial charge < -0.3 is 20.1 Å². The fraction of sp³-hybridized carbons (Fsp3) is 0.0800. The normalized spacial score (nSPS) is 14.1. The topological polar surface area (TPSA) is 97.0 Å². The third kappa shape index (κ3) is 5.67. The van der Waals surface area contributed by atoms with Crippen LogP contribution in [0.15, 0.2) is 70.8 Å². The summed E-state index contributed by atoms with van der Waals surface area (Å²) in [7, 11) is 1.42. The number of benzene rings is 3. The van der Waals surface area contributed by atoms with Gasteiger partial charge in [-0.2, -0.15) is 0 Å². The number of anilines is 2. The van der Waals surface area contributed by atoms with E-state index in [0.717, 1.165) is 4.90 Å². The van der Waals surface area contributed by atoms with Crippen molar-refractivity contribution in [3.8, 4) is 11.5 Å². The minimum Gasteiger partial charge on any atom is -0.493 e. The number of hydrogen-bond acceptors (Lipinski definition) is 5. The highest BCUT2D eigenvalue weighted by molar-refractivity contribution is 9.10. The van der Waals surface area contributed by atoms with E-state index in [1.807, 2.05) is 0 Å². The Labute approximate surface area is 218 Å². The molecule has 0 spiro atoms. The zero-order valence-corrected chi connectivity index (χ0v) is 21.0. The van der Waals surface area contributed by atoms with Crippen molar-refractivity contribution >= 4 is 62.8 Å². The molecule has 11 heteroatoms. The van der Waals surface area contributed by atoms with Gasteiger partial charge in [-0.25, -0.2) is 14.1 Å². The molecule has 1 heterocycles. The van der Waals surface area contributed by atoms with E-state index in [0.29, 0.717) is 26.4 Å². The Bertz CT molecular complexity index is 1380. The lowest BCUT2D eigenvalue weighted by Crippen LogP contribution is -2.30. The number of rotatable bonds is 7. The van der Waals surface area contributed by atoms with Crippen LogP contribution in [0, 0.1) is 5.82 Å². The number of methoxy groups -OCH3 is 1. The lowest BCUT2D eigenvalue weighted by atomic mass is 10.1. The van der Waals surface area contributed by atoms with Gasteiger partial charge in [0.15, 0.2) is 18.1 Å². The fourth-order valence-corrected chi connectivity index (χ4v) is 4.14. The van der Waals surface area contributed by atoms with Gasteiger partial charge in [0.05, 0.1) is 17.3 Å². The summed E-state index contributed by atoms with van der Waals surface area (Å²) < 4.78 is 24.5. The first-order chi connectivity index (χ1) is 17.2. The first-order valence-corrected chi connectivity index (χ1v) is 11.6. The first-order valence-electron chi connectivity index (χ1n) is 10.4. The number of ether oxygens (including phenoxy) is 2. The van der Waals surface area contributed by atoms with Crippen molar-refractivity contribution < 1.29 is 28.2 Å².